The van der Waals surface area contributed by atoms with Crippen LogP contribution in [0, 0.1) is 0 Å². The quantitative estimate of drug-likeness (QED) is 0.310. The van der Waals surface area contributed by atoms with E-state index in [0.29, 0.717) is 21.6 Å². The average molecular weight is 484 g/mol. The molecule has 0 amide bonds. The third-order valence-electron chi connectivity index (χ3n) is 4.84. The molecule has 0 aliphatic heterocycles. The Morgan fingerprint density at radius 1 is 0.833 bits per heavy atom. The maximum absolute atomic E-state index is 13.0. The highest BCUT2D eigenvalue weighted by atomic mass is 79.9. The van der Waals surface area contributed by atoms with Crippen molar-refractivity contribution in [2.45, 2.75) is 13.1 Å². The fourth-order valence-corrected chi connectivity index (χ4v) is 3.77. The molecular formula is C23H16BrClN2O3. The molecule has 0 aliphatic carbocycles. The van der Waals surface area contributed by atoms with E-state index in [1.807, 2.05) is 30.3 Å². The van der Waals surface area contributed by atoms with E-state index in [-0.39, 0.29) is 18.9 Å². The minimum absolute atomic E-state index is 0.245. The van der Waals surface area contributed by atoms with Crippen LogP contribution in [0.4, 0.5) is 0 Å². The van der Waals surface area contributed by atoms with Crippen LogP contribution in [0.3, 0.4) is 0 Å². The van der Waals surface area contributed by atoms with Crippen LogP contribution in [0.1, 0.15) is 15.9 Å². The summed E-state index contributed by atoms with van der Waals surface area (Å²) < 4.78 is 3.47. The molecule has 4 rings (SSSR count). The van der Waals surface area contributed by atoms with Gasteiger partial charge in [-0.05, 0) is 35.9 Å². The van der Waals surface area contributed by atoms with Crippen LogP contribution in [0.5, 0.6) is 0 Å². The zero-order valence-electron chi connectivity index (χ0n) is 15.7. The first-order chi connectivity index (χ1) is 14.4. The van der Waals surface area contributed by atoms with E-state index in [4.69, 9.17) is 11.6 Å². The Bertz CT molecular complexity index is 1360. The number of nitrogens with zero attached hydrogens (tertiary/aromatic N) is 2. The Labute approximate surface area is 185 Å². The summed E-state index contributed by atoms with van der Waals surface area (Å²) in [6, 6.07) is 21.2. The van der Waals surface area contributed by atoms with E-state index in [9.17, 15) is 14.4 Å². The fraction of sp³-hybridized carbons (Fsp3) is 0.0870. The number of carbonyl (C=O) groups is 1. The molecular weight excluding hydrogens is 468 g/mol. The summed E-state index contributed by atoms with van der Waals surface area (Å²) in [5.41, 5.74) is 0.876. The predicted octanol–water partition coefficient (Wildman–Crippen LogP) is 4.51. The first-order valence-electron chi connectivity index (χ1n) is 9.19. The molecule has 4 aromatic rings. The normalized spacial score (nSPS) is 11.0. The average Bonchev–Trinajstić information content (AvgIpc) is 2.75. The zero-order valence-corrected chi connectivity index (χ0v) is 18.1. The number of hydrogen-bond acceptors (Lipinski definition) is 3. The molecule has 0 fully saturated rings. The van der Waals surface area contributed by atoms with E-state index in [0.717, 1.165) is 10.0 Å². The van der Waals surface area contributed by atoms with Crippen molar-refractivity contribution in [2.24, 2.45) is 0 Å². The van der Waals surface area contributed by atoms with Crippen LogP contribution in [0.15, 0.2) is 86.9 Å². The van der Waals surface area contributed by atoms with Gasteiger partial charge < -0.3 is 0 Å². The molecule has 0 saturated carbocycles. The molecule has 150 valence electrons. The lowest BCUT2D eigenvalue weighted by Gasteiger charge is -2.15. The summed E-state index contributed by atoms with van der Waals surface area (Å²) in [4.78, 5) is 38.7. The Balaban J connectivity index is 1.85. The van der Waals surface area contributed by atoms with Gasteiger partial charge in [0.15, 0.2) is 5.78 Å². The van der Waals surface area contributed by atoms with Crippen molar-refractivity contribution >= 4 is 44.3 Å². The summed E-state index contributed by atoms with van der Waals surface area (Å²) in [6.07, 6.45) is 0. The van der Waals surface area contributed by atoms with Crippen molar-refractivity contribution in [2.75, 3.05) is 0 Å². The Morgan fingerprint density at radius 3 is 2.20 bits per heavy atom. The number of Topliss-reactive ketones (excluding diaryl/α,β-unsaturated/α-hetero) is 1. The van der Waals surface area contributed by atoms with Gasteiger partial charge in [-0.25, -0.2) is 0 Å². The van der Waals surface area contributed by atoms with E-state index in [1.165, 1.54) is 9.13 Å². The largest absolute Gasteiger partial charge is 0.317 e. The Hall–Kier alpha value is -2.96. The van der Waals surface area contributed by atoms with Gasteiger partial charge in [0, 0.05) is 15.1 Å². The standard InChI is InChI=1S/C23H16BrClN2O3/c24-17-8-6-16(7-9-17)21(28)14-27-20-12-18(25)10-11-19(20)26(22(29)23(27)30)13-15-4-2-1-3-5-15/h1-12H,13-14H2. The molecule has 0 atom stereocenters. The van der Waals surface area contributed by atoms with Gasteiger partial charge in [0.2, 0.25) is 0 Å². The van der Waals surface area contributed by atoms with E-state index in [1.54, 1.807) is 42.5 Å². The van der Waals surface area contributed by atoms with Gasteiger partial charge >= 0.3 is 11.1 Å². The van der Waals surface area contributed by atoms with Crippen LogP contribution < -0.4 is 11.1 Å². The van der Waals surface area contributed by atoms with E-state index >= 15 is 0 Å². The Morgan fingerprint density at radius 2 is 1.50 bits per heavy atom. The third-order valence-corrected chi connectivity index (χ3v) is 5.61. The maximum atomic E-state index is 13.0. The van der Waals surface area contributed by atoms with Crippen LogP contribution in [0.2, 0.25) is 5.02 Å². The summed E-state index contributed by atoms with van der Waals surface area (Å²) in [6.45, 7) is -0.00668. The zero-order chi connectivity index (χ0) is 21.3. The lowest BCUT2D eigenvalue weighted by atomic mass is 10.1. The molecule has 0 spiro atoms. The summed E-state index contributed by atoms with van der Waals surface area (Å²) in [7, 11) is 0. The van der Waals surface area contributed by atoms with Gasteiger partial charge in [0.05, 0.1) is 24.1 Å². The van der Waals surface area contributed by atoms with Crippen LogP contribution >= 0.6 is 27.5 Å². The number of halogens is 2. The molecule has 5 nitrogen and oxygen atoms in total. The van der Waals surface area contributed by atoms with Gasteiger partial charge in [0.1, 0.15) is 0 Å². The molecule has 0 saturated heterocycles. The van der Waals surface area contributed by atoms with Gasteiger partial charge in [0.25, 0.3) is 0 Å². The maximum Gasteiger partial charge on any atom is 0.317 e. The molecule has 0 unspecified atom stereocenters. The minimum atomic E-state index is -0.758. The molecule has 1 heterocycles. The number of aromatic nitrogens is 2. The van der Waals surface area contributed by atoms with Crippen molar-refractivity contribution in [3.8, 4) is 0 Å². The van der Waals surface area contributed by atoms with Crippen molar-refractivity contribution in [1.29, 1.82) is 0 Å². The fourth-order valence-electron chi connectivity index (χ4n) is 3.34. The number of fused-ring (bicyclic) bond motifs is 1. The molecule has 0 radical (unpaired) electrons. The summed E-state index contributed by atoms with van der Waals surface area (Å²) >= 11 is 9.51. The number of ketones is 1. The van der Waals surface area contributed by atoms with Crippen molar-refractivity contribution in [1.82, 2.24) is 9.13 Å². The van der Waals surface area contributed by atoms with Gasteiger partial charge in [-0.3, -0.25) is 23.5 Å². The number of benzene rings is 3. The second-order valence-corrected chi connectivity index (χ2v) is 8.18. The minimum Gasteiger partial charge on any atom is -0.298 e. The Kier molecular flexibility index (Phi) is 5.70. The topological polar surface area (TPSA) is 61.1 Å². The molecule has 0 N–H and O–H groups in total. The molecule has 7 heteroatoms. The van der Waals surface area contributed by atoms with Crippen molar-refractivity contribution in [3.63, 3.8) is 0 Å². The predicted molar refractivity (Wildman–Crippen MR) is 121 cm³/mol. The van der Waals surface area contributed by atoms with E-state index < -0.39 is 11.1 Å². The van der Waals surface area contributed by atoms with Crippen molar-refractivity contribution < 1.29 is 4.79 Å². The molecule has 3 aromatic carbocycles. The SMILES string of the molecule is O=C(Cn1c(=O)c(=O)n(Cc2ccccc2)c2ccc(Cl)cc21)c1ccc(Br)cc1. The van der Waals surface area contributed by atoms with Gasteiger partial charge in [-0.1, -0.05) is 70.0 Å². The monoisotopic (exact) mass is 482 g/mol. The highest BCUT2D eigenvalue weighted by molar-refractivity contribution is 9.10. The first kappa shape index (κ1) is 20.3. The third kappa shape index (κ3) is 4.01. The second-order valence-electron chi connectivity index (χ2n) is 6.83. The highest BCUT2D eigenvalue weighted by Gasteiger charge is 2.17. The second kappa shape index (κ2) is 8.42. The molecule has 1 aromatic heterocycles. The number of rotatable bonds is 5. The molecule has 0 bridgehead atoms. The smallest absolute Gasteiger partial charge is 0.298 e. The van der Waals surface area contributed by atoms with Crippen LogP contribution in [-0.2, 0) is 13.1 Å². The van der Waals surface area contributed by atoms with Gasteiger partial charge in [-0.15, -0.1) is 0 Å². The molecule has 0 aliphatic rings. The van der Waals surface area contributed by atoms with Gasteiger partial charge in [-0.2, -0.15) is 0 Å². The molecule has 30 heavy (non-hydrogen) atoms. The highest BCUT2D eigenvalue weighted by Crippen LogP contribution is 2.19. The first-order valence-corrected chi connectivity index (χ1v) is 10.4. The summed E-state index contributed by atoms with van der Waals surface area (Å²) in [5.74, 6) is -0.272. The lowest BCUT2D eigenvalue weighted by molar-refractivity contribution is 0.0972. The lowest BCUT2D eigenvalue weighted by Crippen LogP contribution is -2.42. The summed E-state index contributed by atoms with van der Waals surface area (Å²) in [5, 5.41) is 0.414. The van der Waals surface area contributed by atoms with E-state index in [2.05, 4.69) is 15.9 Å². The van der Waals surface area contributed by atoms with Crippen LogP contribution in [-0.4, -0.2) is 14.9 Å². The van der Waals surface area contributed by atoms with Crippen molar-refractivity contribution in [3.05, 3.63) is 114 Å². The van der Waals surface area contributed by atoms with Crippen LogP contribution in [0.25, 0.3) is 11.0 Å². The number of hydrogen-bond donors (Lipinski definition) is 0. The number of carbonyl (C=O) groups excluding carboxylic acids is 1.